The highest BCUT2D eigenvalue weighted by Crippen LogP contribution is 2.16. The molecule has 16 heavy (non-hydrogen) atoms. The van der Waals surface area contributed by atoms with Crippen LogP contribution in [0.3, 0.4) is 0 Å². The molecular weight excluding hydrogens is 215 g/mol. The van der Waals surface area contributed by atoms with Gasteiger partial charge in [0.25, 0.3) is 0 Å². The van der Waals surface area contributed by atoms with Crippen molar-refractivity contribution in [2.24, 2.45) is 5.73 Å². The largest absolute Gasteiger partial charge is 0.465 e. The molecule has 0 aliphatic heterocycles. The van der Waals surface area contributed by atoms with Crippen LogP contribution in [0.4, 0.5) is 10.1 Å². The van der Waals surface area contributed by atoms with Crippen molar-refractivity contribution in [3.8, 4) is 0 Å². The van der Waals surface area contributed by atoms with Crippen molar-refractivity contribution in [2.75, 3.05) is 19.0 Å². The monoisotopic (exact) mass is 226 g/mol. The Hall–Kier alpha value is -1.95. The van der Waals surface area contributed by atoms with E-state index in [1.54, 1.807) is 0 Å². The molecule has 0 atom stereocenters. The first kappa shape index (κ1) is 12.1. The Morgan fingerprint density at radius 2 is 2.19 bits per heavy atom. The molecule has 0 heterocycles. The van der Waals surface area contributed by atoms with Crippen LogP contribution in [0.1, 0.15) is 10.4 Å². The van der Waals surface area contributed by atoms with Crippen LogP contribution in [0, 0.1) is 5.82 Å². The predicted octanol–water partition coefficient (Wildman–Crippen LogP) is 0.510. The highest BCUT2D eigenvalue weighted by Gasteiger charge is 2.10. The van der Waals surface area contributed by atoms with Crippen LogP contribution in [-0.2, 0) is 9.53 Å². The van der Waals surface area contributed by atoms with Gasteiger partial charge in [-0.2, -0.15) is 0 Å². The minimum atomic E-state index is -0.718. The summed E-state index contributed by atoms with van der Waals surface area (Å²) >= 11 is 0. The van der Waals surface area contributed by atoms with Gasteiger partial charge in [-0.15, -0.1) is 0 Å². The quantitative estimate of drug-likeness (QED) is 0.736. The SMILES string of the molecule is COC(=O)c1ccc(NC(=O)CN)c(F)c1. The maximum absolute atomic E-state index is 13.4. The molecule has 3 N–H and O–H groups in total. The van der Waals surface area contributed by atoms with Crippen LogP contribution < -0.4 is 11.1 Å². The number of rotatable bonds is 3. The average Bonchev–Trinajstić information content (AvgIpc) is 2.30. The number of esters is 1. The molecule has 0 aliphatic carbocycles. The number of carbonyl (C=O) groups is 2. The number of carbonyl (C=O) groups excluding carboxylic acids is 2. The molecule has 1 rings (SSSR count). The lowest BCUT2D eigenvalue weighted by Gasteiger charge is -2.06. The summed E-state index contributed by atoms with van der Waals surface area (Å²) in [5.74, 6) is -1.87. The Balaban J connectivity index is 2.91. The average molecular weight is 226 g/mol. The van der Waals surface area contributed by atoms with Crippen molar-refractivity contribution in [1.29, 1.82) is 0 Å². The van der Waals surface area contributed by atoms with E-state index in [1.807, 2.05) is 0 Å². The molecule has 5 nitrogen and oxygen atoms in total. The van der Waals surface area contributed by atoms with E-state index in [0.717, 1.165) is 6.07 Å². The third kappa shape index (κ3) is 2.77. The topological polar surface area (TPSA) is 81.4 Å². The summed E-state index contributed by atoms with van der Waals surface area (Å²) in [6, 6.07) is 3.61. The fraction of sp³-hybridized carbons (Fsp3) is 0.200. The molecule has 1 amide bonds. The maximum atomic E-state index is 13.4. The first-order valence-corrected chi connectivity index (χ1v) is 4.46. The van der Waals surface area contributed by atoms with E-state index in [9.17, 15) is 14.0 Å². The minimum absolute atomic E-state index is 0.0249. The van der Waals surface area contributed by atoms with Gasteiger partial charge in [0, 0.05) is 0 Å². The third-order valence-electron chi connectivity index (χ3n) is 1.85. The number of methoxy groups -OCH3 is 1. The van der Waals surface area contributed by atoms with Crippen LogP contribution in [-0.4, -0.2) is 25.5 Å². The number of nitrogens with one attached hydrogen (secondary N) is 1. The van der Waals surface area contributed by atoms with Gasteiger partial charge in [0.15, 0.2) is 0 Å². The zero-order valence-corrected chi connectivity index (χ0v) is 8.62. The van der Waals surface area contributed by atoms with Crippen LogP contribution in [0.25, 0.3) is 0 Å². The molecule has 6 heteroatoms. The summed E-state index contributed by atoms with van der Waals surface area (Å²) in [5, 5.41) is 2.25. The molecule has 0 spiro atoms. The first-order chi connectivity index (χ1) is 7.58. The van der Waals surface area contributed by atoms with Gasteiger partial charge < -0.3 is 15.8 Å². The molecular formula is C10H11FN2O3. The van der Waals surface area contributed by atoms with Gasteiger partial charge >= 0.3 is 5.97 Å². The van der Waals surface area contributed by atoms with Crippen LogP contribution in [0.5, 0.6) is 0 Å². The van der Waals surface area contributed by atoms with E-state index in [4.69, 9.17) is 5.73 Å². The second-order valence-electron chi connectivity index (χ2n) is 2.94. The number of hydrogen-bond donors (Lipinski definition) is 2. The maximum Gasteiger partial charge on any atom is 0.337 e. The van der Waals surface area contributed by atoms with Crippen molar-refractivity contribution in [3.63, 3.8) is 0 Å². The normalized spacial score (nSPS) is 9.69. The van der Waals surface area contributed by atoms with Gasteiger partial charge in [0.2, 0.25) is 5.91 Å². The lowest BCUT2D eigenvalue weighted by Crippen LogP contribution is -2.22. The van der Waals surface area contributed by atoms with Gasteiger partial charge in [-0.1, -0.05) is 0 Å². The number of nitrogens with two attached hydrogens (primary N) is 1. The molecule has 86 valence electrons. The van der Waals surface area contributed by atoms with Crippen molar-refractivity contribution < 1.29 is 18.7 Å². The van der Waals surface area contributed by atoms with E-state index >= 15 is 0 Å². The van der Waals surface area contributed by atoms with Gasteiger partial charge in [0.05, 0.1) is 24.9 Å². The zero-order chi connectivity index (χ0) is 12.1. The molecule has 0 saturated carbocycles. The Morgan fingerprint density at radius 3 is 2.69 bits per heavy atom. The molecule has 1 aromatic carbocycles. The first-order valence-electron chi connectivity index (χ1n) is 4.46. The van der Waals surface area contributed by atoms with Crippen LogP contribution in [0.2, 0.25) is 0 Å². The van der Waals surface area contributed by atoms with E-state index in [1.165, 1.54) is 19.2 Å². The van der Waals surface area contributed by atoms with Gasteiger partial charge in [-0.3, -0.25) is 4.79 Å². The van der Waals surface area contributed by atoms with E-state index in [2.05, 4.69) is 10.1 Å². The molecule has 1 aromatic rings. The van der Waals surface area contributed by atoms with E-state index in [0.29, 0.717) is 0 Å². The molecule has 0 radical (unpaired) electrons. The second-order valence-corrected chi connectivity index (χ2v) is 2.94. The van der Waals surface area contributed by atoms with E-state index < -0.39 is 17.7 Å². The van der Waals surface area contributed by atoms with Gasteiger partial charge in [-0.05, 0) is 18.2 Å². The fourth-order valence-corrected chi connectivity index (χ4v) is 1.06. The summed E-state index contributed by atoms with van der Waals surface area (Å²) in [4.78, 5) is 22.0. The molecule has 0 aromatic heterocycles. The third-order valence-corrected chi connectivity index (χ3v) is 1.85. The second kappa shape index (κ2) is 5.22. The Kier molecular flexibility index (Phi) is 3.96. The summed E-state index contributed by atoms with van der Waals surface area (Å²) in [7, 11) is 1.20. The Labute approximate surface area is 91.4 Å². The van der Waals surface area contributed by atoms with Crippen molar-refractivity contribution >= 4 is 17.6 Å². The molecule has 0 fully saturated rings. The Morgan fingerprint density at radius 1 is 1.50 bits per heavy atom. The van der Waals surface area contributed by atoms with Crippen molar-refractivity contribution in [3.05, 3.63) is 29.6 Å². The summed E-state index contributed by atoms with van der Waals surface area (Å²) < 4.78 is 17.8. The molecule has 0 saturated heterocycles. The number of ether oxygens (including phenoxy) is 1. The number of halogens is 1. The lowest BCUT2D eigenvalue weighted by atomic mass is 10.2. The standard InChI is InChI=1S/C10H11FN2O3/c1-16-10(15)6-2-3-8(7(11)4-6)13-9(14)5-12/h2-4H,5,12H2,1H3,(H,13,14). The smallest absolute Gasteiger partial charge is 0.337 e. The Bertz CT molecular complexity index is 421. The molecule has 0 unspecified atom stereocenters. The highest BCUT2D eigenvalue weighted by atomic mass is 19.1. The fourth-order valence-electron chi connectivity index (χ4n) is 1.06. The zero-order valence-electron chi connectivity index (χ0n) is 8.62. The summed E-state index contributed by atoms with van der Waals surface area (Å²) in [5.41, 5.74) is 5.11. The van der Waals surface area contributed by atoms with Crippen LogP contribution in [0.15, 0.2) is 18.2 Å². The molecule has 0 aliphatic rings. The number of amides is 1. The van der Waals surface area contributed by atoms with Gasteiger partial charge in [-0.25, -0.2) is 9.18 Å². The van der Waals surface area contributed by atoms with Gasteiger partial charge in [0.1, 0.15) is 5.82 Å². The van der Waals surface area contributed by atoms with Crippen molar-refractivity contribution in [2.45, 2.75) is 0 Å². The lowest BCUT2D eigenvalue weighted by molar-refractivity contribution is -0.114. The summed E-state index contributed by atoms with van der Waals surface area (Å²) in [6.45, 7) is -0.238. The highest BCUT2D eigenvalue weighted by molar-refractivity contribution is 5.94. The van der Waals surface area contributed by atoms with Crippen molar-refractivity contribution in [1.82, 2.24) is 0 Å². The van der Waals surface area contributed by atoms with E-state index in [-0.39, 0.29) is 17.8 Å². The number of hydrogen-bond acceptors (Lipinski definition) is 4. The molecule has 0 bridgehead atoms. The summed E-state index contributed by atoms with van der Waals surface area (Å²) in [6.07, 6.45) is 0. The minimum Gasteiger partial charge on any atom is -0.465 e. The van der Waals surface area contributed by atoms with Crippen LogP contribution >= 0.6 is 0 Å². The number of anilines is 1. The number of benzene rings is 1. The predicted molar refractivity (Wildman–Crippen MR) is 55.4 cm³/mol.